The van der Waals surface area contributed by atoms with Gasteiger partial charge in [0.1, 0.15) is 23.2 Å². The van der Waals surface area contributed by atoms with Crippen molar-refractivity contribution in [3.05, 3.63) is 109 Å². The molecule has 0 aliphatic carbocycles. The number of nitrogens with zero attached hydrogens (tertiary/aromatic N) is 9. The van der Waals surface area contributed by atoms with Crippen molar-refractivity contribution >= 4 is 22.8 Å². The van der Waals surface area contributed by atoms with E-state index in [4.69, 9.17) is 15.7 Å². The van der Waals surface area contributed by atoms with Crippen molar-refractivity contribution in [3.8, 4) is 34.4 Å². The number of pyridine rings is 2. The number of nitrogens with two attached hydrogens (primary N) is 1. The fourth-order valence-corrected chi connectivity index (χ4v) is 5.86. The minimum absolute atomic E-state index is 0.207. The Balaban J connectivity index is 1.17. The predicted octanol–water partition coefficient (Wildman–Crippen LogP) is 5.50. The van der Waals surface area contributed by atoms with Crippen LogP contribution in [0.2, 0.25) is 0 Å². The lowest BCUT2D eigenvalue weighted by Gasteiger charge is -2.31. The minimum atomic E-state index is 0.207. The van der Waals surface area contributed by atoms with Gasteiger partial charge in [0.05, 0.1) is 11.3 Å². The van der Waals surface area contributed by atoms with E-state index in [1.807, 2.05) is 54.6 Å². The van der Waals surface area contributed by atoms with Gasteiger partial charge in [0.15, 0.2) is 11.5 Å². The van der Waals surface area contributed by atoms with Gasteiger partial charge in [0, 0.05) is 49.8 Å². The van der Waals surface area contributed by atoms with Crippen molar-refractivity contribution < 1.29 is 0 Å². The standard InChI is InChI=1S/C35H32N10/c36-23-31-38-18-16-32(42-31)44-20-5-4-19-43(21-22-44)24-25-10-12-27(13-11-25)45-34(28-9-6-17-39-33(28)37)41-30-15-14-29(40-35(30)45)26-7-2-1-3-8-26/h1-3,6-18H,4-5,19-22,24H2,(H2,37,39). The first-order valence-corrected chi connectivity index (χ1v) is 15.1. The molecular formula is C35H32N10. The van der Waals surface area contributed by atoms with Gasteiger partial charge in [-0.2, -0.15) is 5.26 Å². The van der Waals surface area contributed by atoms with Crippen molar-refractivity contribution in [2.45, 2.75) is 19.4 Å². The Morgan fingerprint density at radius 3 is 2.42 bits per heavy atom. The molecule has 1 fully saturated rings. The summed E-state index contributed by atoms with van der Waals surface area (Å²) in [5.41, 5.74) is 12.7. The number of nitrogen functional groups attached to an aromatic ring is 1. The number of fused-ring (bicyclic) bond motifs is 1. The molecule has 2 N–H and O–H groups in total. The average molecular weight is 593 g/mol. The quantitative estimate of drug-likeness (QED) is 0.267. The summed E-state index contributed by atoms with van der Waals surface area (Å²) < 4.78 is 2.07. The van der Waals surface area contributed by atoms with Crippen LogP contribution in [0, 0.1) is 11.3 Å². The summed E-state index contributed by atoms with van der Waals surface area (Å²) >= 11 is 0. The zero-order valence-corrected chi connectivity index (χ0v) is 24.8. The molecule has 10 heteroatoms. The van der Waals surface area contributed by atoms with Gasteiger partial charge in [-0.15, -0.1) is 0 Å². The maximum absolute atomic E-state index is 9.23. The molecule has 7 rings (SSSR count). The highest BCUT2D eigenvalue weighted by molar-refractivity contribution is 5.84. The van der Waals surface area contributed by atoms with Gasteiger partial charge in [0.2, 0.25) is 5.82 Å². The Morgan fingerprint density at radius 1 is 0.756 bits per heavy atom. The fraction of sp³-hybridized carbons (Fsp3) is 0.200. The van der Waals surface area contributed by atoms with Gasteiger partial charge in [-0.25, -0.2) is 24.9 Å². The topological polar surface area (TPSA) is 126 Å². The molecule has 45 heavy (non-hydrogen) atoms. The maximum atomic E-state index is 9.23. The molecule has 5 heterocycles. The zero-order valence-electron chi connectivity index (χ0n) is 24.8. The molecule has 0 amide bonds. The molecule has 0 bridgehead atoms. The minimum Gasteiger partial charge on any atom is -0.383 e. The first kappa shape index (κ1) is 28.1. The number of anilines is 2. The van der Waals surface area contributed by atoms with Gasteiger partial charge in [-0.1, -0.05) is 42.5 Å². The molecule has 4 aromatic heterocycles. The third kappa shape index (κ3) is 5.94. The lowest BCUT2D eigenvalue weighted by Crippen LogP contribution is -2.39. The van der Waals surface area contributed by atoms with E-state index in [1.54, 1.807) is 12.4 Å². The largest absolute Gasteiger partial charge is 0.383 e. The normalized spacial score (nSPS) is 14.2. The van der Waals surface area contributed by atoms with Crippen molar-refractivity contribution in [3.63, 3.8) is 0 Å². The number of nitriles is 1. The van der Waals surface area contributed by atoms with Crippen LogP contribution in [0.25, 0.3) is 39.5 Å². The molecule has 1 aliphatic rings. The highest BCUT2D eigenvalue weighted by Gasteiger charge is 2.20. The summed E-state index contributed by atoms with van der Waals surface area (Å²) in [6.07, 6.45) is 5.51. The number of hydrogen-bond acceptors (Lipinski definition) is 9. The molecule has 10 nitrogen and oxygen atoms in total. The molecule has 1 saturated heterocycles. The fourth-order valence-electron chi connectivity index (χ4n) is 5.86. The van der Waals surface area contributed by atoms with Gasteiger partial charge in [0.25, 0.3) is 0 Å². The molecule has 222 valence electrons. The van der Waals surface area contributed by atoms with E-state index < -0.39 is 0 Å². The van der Waals surface area contributed by atoms with Crippen LogP contribution in [-0.2, 0) is 6.54 Å². The second-order valence-corrected chi connectivity index (χ2v) is 11.1. The second kappa shape index (κ2) is 12.5. The molecule has 0 unspecified atom stereocenters. The Labute approximate surface area is 261 Å². The molecule has 2 aromatic carbocycles. The van der Waals surface area contributed by atoms with Crippen molar-refractivity contribution in [1.29, 1.82) is 5.26 Å². The van der Waals surface area contributed by atoms with Crippen LogP contribution in [0.3, 0.4) is 0 Å². The van der Waals surface area contributed by atoms with E-state index in [0.717, 1.165) is 85.1 Å². The molecule has 1 aliphatic heterocycles. The van der Waals surface area contributed by atoms with Crippen molar-refractivity contribution in [2.75, 3.05) is 36.8 Å². The molecule has 6 aromatic rings. The highest BCUT2D eigenvalue weighted by atomic mass is 15.2. The van der Waals surface area contributed by atoms with Gasteiger partial charge >= 0.3 is 0 Å². The summed E-state index contributed by atoms with van der Waals surface area (Å²) in [6.45, 7) is 4.53. The summed E-state index contributed by atoms with van der Waals surface area (Å²) in [7, 11) is 0. The first-order valence-electron chi connectivity index (χ1n) is 15.1. The summed E-state index contributed by atoms with van der Waals surface area (Å²) in [4.78, 5) is 27.6. The maximum Gasteiger partial charge on any atom is 0.234 e. The average Bonchev–Trinajstić information content (AvgIpc) is 3.45. The van der Waals surface area contributed by atoms with Crippen LogP contribution >= 0.6 is 0 Å². The van der Waals surface area contributed by atoms with Crippen LogP contribution in [-0.4, -0.2) is 60.6 Å². The van der Waals surface area contributed by atoms with Gasteiger partial charge in [-0.05, 0) is 67.4 Å². The number of hydrogen-bond donors (Lipinski definition) is 1. The smallest absolute Gasteiger partial charge is 0.234 e. The van der Waals surface area contributed by atoms with E-state index in [1.165, 1.54) is 5.56 Å². The Morgan fingerprint density at radius 2 is 1.60 bits per heavy atom. The van der Waals surface area contributed by atoms with Gasteiger partial charge in [-0.3, -0.25) is 9.47 Å². The monoisotopic (exact) mass is 592 g/mol. The van der Waals surface area contributed by atoms with E-state index in [0.29, 0.717) is 11.6 Å². The Hall–Kier alpha value is -5.66. The Kier molecular flexibility index (Phi) is 7.83. The van der Waals surface area contributed by atoms with Gasteiger partial charge < -0.3 is 10.6 Å². The predicted molar refractivity (Wildman–Crippen MR) is 175 cm³/mol. The van der Waals surface area contributed by atoms with Crippen LogP contribution in [0.4, 0.5) is 11.6 Å². The second-order valence-electron chi connectivity index (χ2n) is 11.1. The zero-order chi connectivity index (χ0) is 30.6. The van der Waals surface area contributed by atoms with E-state index in [-0.39, 0.29) is 5.82 Å². The molecule has 0 saturated carbocycles. The summed E-state index contributed by atoms with van der Waals surface area (Å²) in [5, 5.41) is 9.23. The lowest BCUT2D eigenvalue weighted by atomic mass is 10.1. The van der Waals surface area contributed by atoms with Crippen LogP contribution in [0.15, 0.2) is 97.3 Å². The Bertz CT molecular complexity index is 1980. The SMILES string of the molecule is N#Cc1nccc(N2CCCCN(Cc3ccc(-n4c(-c5cccnc5N)nc5ccc(-c6ccccc6)nc54)cc3)CC2)n1. The number of rotatable bonds is 6. The summed E-state index contributed by atoms with van der Waals surface area (Å²) in [5.74, 6) is 2.15. The van der Waals surface area contributed by atoms with E-state index in [9.17, 15) is 5.26 Å². The van der Waals surface area contributed by atoms with Crippen molar-refractivity contribution in [2.24, 2.45) is 0 Å². The highest BCUT2D eigenvalue weighted by Crippen LogP contribution is 2.32. The van der Waals surface area contributed by atoms with E-state index in [2.05, 4.69) is 65.7 Å². The molecule has 0 atom stereocenters. The lowest BCUT2D eigenvalue weighted by molar-refractivity contribution is 0.255. The summed E-state index contributed by atoms with van der Waals surface area (Å²) in [6, 6.07) is 30.5. The molecular weight excluding hydrogens is 560 g/mol. The number of benzene rings is 2. The molecule has 0 radical (unpaired) electrons. The van der Waals surface area contributed by atoms with Crippen LogP contribution in [0.1, 0.15) is 24.2 Å². The van der Waals surface area contributed by atoms with Crippen LogP contribution < -0.4 is 10.6 Å². The molecule has 0 spiro atoms. The third-order valence-corrected chi connectivity index (χ3v) is 8.16. The van der Waals surface area contributed by atoms with Crippen molar-refractivity contribution in [1.82, 2.24) is 34.4 Å². The number of aromatic nitrogens is 6. The number of imidazole rings is 1. The van der Waals surface area contributed by atoms with E-state index >= 15 is 0 Å². The third-order valence-electron chi connectivity index (χ3n) is 8.16. The van der Waals surface area contributed by atoms with Crippen LogP contribution in [0.5, 0.6) is 0 Å². The first-order chi connectivity index (χ1) is 22.2.